The number of fused-ring (bicyclic) bond motifs is 1. The molecule has 2 aromatic rings. The molecule has 0 saturated carbocycles. The van der Waals surface area contributed by atoms with Crippen molar-refractivity contribution in [3.8, 4) is 11.5 Å². The Morgan fingerprint density at radius 2 is 1.79 bits per heavy atom. The van der Waals surface area contributed by atoms with Crippen LogP contribution in [0.5, 0.6) is 11.5 Å². The van der Waals surface area contributed by atoms with Crippen LogP contribution in [0.25, 0.3) is 0 Å². The number of hydroxylamine groups is 1. The molecule has 2 aromatic carbocycles. The second kappa shape index (κ2) is 10.00. The minimum Gasteiger partial charge on any atom is -0.492 e. The average Bonchev–Trinajstić information content (AvgIpc) is 3.31. The van der Waals surface area contributed by atoms with Crippen LogP contribution in [0.2, 0.25) is 0 Å². The van der Waals surface area contributed by atoms with Crippen LogP contribution in [0, 0.1) is 0 Å². The number of ether oxygens (including phenoxy) is 3. The van der Waals surface area contributed by atoms with Gasteiger partial charge in [-0.15, -0.1) is 0 Å². The third-order valence-electron chi connectivity index (χ3n) is 6.07. The van der Waals surface area contributed by atoms with E-state index in [4.69, 9.17) is 19.4 Å². The van der Waals surface area contributed by atoms with Gasteiger partial charge in [-0.2, -0.15) is 0 Å². The van der Waals surface area contributed by atoms with E-state index < -0.39 is 26.6 Å². The number of carbonyl (C=O) groups is 2. The molecule has 1 fully saturated rings. The molecule has 0 radical (unpaired) electrons. The van der Waals surface area contributed by atoms with Crippen molar-refractivity contribution >= 4 is 21.7 Å². The smallest absolute Gasteiger partial charge is 0.265 e. The number of amides is 2. The number of rotatable bonds is 8. The SMILES string of the molecule is O=C(NCCOc1ccc(S(=O)(=O)C2(C(=O)NO)CCOCC2)cc1)C1Cc2ccccc2O1. The summed E-state index contributed by atoms with van der Waals surface area (Å²) in [4.78, 5) is 24.6. The molecule has 0 aliphatic carbocycles. The first-order valence-corrected chi connectivity index (χ1v) is 12.4. The second-order valence-electron chi connectivity index (χ2n) is 8.08. The van der Waals surface area contributed by atoms with E-state index in [-0.39, 0.29) is 50.0 Å². The number of carbonyl (C=O) groups excluding carboxylic acids is 2. The zero-order chi connectivity index (χ0) is 24.2. The highest BCUT2D eigenvalue weighted by Crippen LogP contribution is 2.35. The van der Waals surface area contributed by atoms with Crippen LogP contribution in [-0.4, -0.2) is 62.7 Å². The van der Waals surface area contributed by atoms with Crippen molar-refractivity contribution in [3.63, 3.8) is 0 Å². The number of sulfone groups is 1. The zero-order valence-electron chi connectivity index (χ0n) is 18.4. The van der Waals surface area contributed by atoms with Gasteiger partial charge in [0.1, 0.15) is 18.1 Å². The number of benzene rings is 2. The fraction of sp³-hybridized carbons (Fsp3) is 0.391. The van der Waals surface area contributed by atoms with E-state index in [1.165, 1.54) is 29.7 Å². The van der Waals surface area contributed by atoms with Crippen molar-refractivity contribution in [2.45, 2.75) is 35.0 Å². The van der Waals surface area contributed by atoms with Crippen molar-refractivity contribution in [1.29, 1.82) is 0 Å². The molecule has 0 aromatic heterocycles. The highest BCUT2D eigenvalue weighted by Gasteiger charge is 2.52. The normalized spacial score (nSPS) is 18.9. The van der Waals surface area contributed by atoms with E-state index in [0.29, 0.717) is 17.9 Å². The summed E-state index contributed by atoms with van der Waals surface area (Å²) in [7, 11) is -4.10. The van der Waals surface area contributed by atoms with Gasteiger partial charge in [-0.1, -0.05) is 18.2 Å². The van der Waals surface area contributed by atoms with Gasteiger partial charge in [0.05, 0.1) is 11.4 Å². The van der Waals surface area contributed by atoms with Crippen LogP contribution in [0.1, 0.15) is 18.4 Å². The van der Waals surface area contributed by atoms with E-state index in [0.717, 1.165) is 5.56 Å². The molecule has 0 spiro atoms. The summed E-state index contributed by atoms with van der Waals surface area (Å²) < 4.78 is 41.1. The lowest BCUT2D eigenvalue weighted by Crippen LogP contribution is -2.54. The van der Waals surface area contributed by atoms with Crippen molar-refractivity contribution in [1.82, 2.24) is 10.8 Å². The van der Waals surface area contributed by atoms with Gasteiger partial charge in [-0.3, -0.25) is 14.8 Å². The molecule has 0 bridgehead atoms. The standard InChI is InChI=1S/C23H26N2O8S/c26-21(20-15-16-3-1-2-4-19(16)33-20)24-11-14-32-17-5-7-18(8-6-17)34(29,30)23(22(27)25-28)9-12-31-13-10-23/h1-8,20,28H,9-15H2,(H,24,26)(H,25,27). The Kier molecular flexibility index (Phi) is 7.05. The van der Waals surface area contributed by atoms with Crippen LogP contribution >= 0.6 is 0 Å². The van der Waals surface area contributed by atoms with E-state index >= 15 is 0 Å². The second-order valence-corrected chi connectivity index (χ2v) is 10.3. The van der Waals surface area contributed by atoms with Gasteiger partial charge in [0.2, 0.25) is 0 Å². The molecule has 3 N–H and O–H groups in total. The zero-order valence-corrected chi connectivity index (χ0v) is 19.2. The summed E-state index contributed by atoms with van der Waals surface area (Å²) in [6, 6.07) is 13.2. The number of hydrogen-bond donors (Lipinski definition) is 3. The van der Waals surface area contributed by atoms with Crippen LogP contribution < -0.4 is 20.3 Å². The lowest BCUT2D eigenvalue weighted by molar-refractivity contribution is -0.134. The molecule has 2 amide bonds. The van der Waals surface area contributed by atoms with Gasteiger partial charge in [-0.25, -0.2) is 13.9 Å². The molecule has 10 nitrogen and oxygen atoms in total. The minimum absolute atomic E-state index is 0.0587. The fourth-order valence-corrected chi connectivity index (χ4v) is 6.09. The molecule has 2 aliphatic heterocycles. The van der Waals surface area contributed by atoms with Crippen LogP contribution in [-0.2, 0) is 30.6 Å². The quantitative estimate of drug-likeness (QED) is 0.283. The van der Waals surface area contributed by atoms with Gasteiger partial charge in [0.25, 0.3) is 11.8 Å². The minimum atomic E-state index is -4.10. The Bertz CT molecular complexity index is 1120. The van der Waals surface area contributed by atoms with Crippen molar-refractivity contribution in [2.75, 3.05) is 26.4 Å². The van der Waals surface area contributed by atoms with Crippen LogP contribution in [0.15, 0.2) is 53.4 Å². The first-order chi connectivity index (χ1) is 16.4. The lowest BCUT2D eigenvalue weighted by Gasteiger charge is -2.34. The molecule has 1 unspecified atom stereocenters. The molecule has 2 heterocycles. The monoisotopic (exact) mass is 490 g/mol. The molecule has 34 heavy (non-hydrogen) atoms. The summed E-state index contributed by atoms with van der Waals surface area (Å²) in [5.41, 5.74) is 2.48. The topological polar surface area (TPSA) is 140 Å². The first-order valence-electron chi connectivity index (χ1n) is 10.9. The van der Waals surface area contributed by atoms with E-state index in [1.807, 2.05) is 24.3 Å². The highest BCUT2D eigenvalue weighted by atomic mass is 32.2. The largest absolute Gasteiger partial charge is 0.492 e. The molecular formula is C23H26N2O8S. The lowest BCUT2D eigenvalue weighted by atomic mass is 9.98. The Hall–Kier alpha value is -3.15. The molecule has 182 valence electrons. The van der Waals surface area contributed by atoms with E-state index in [9.17, 15) is 18.0 Å². The molecule has 1 atom stereocenters. The molecule has 1 saturated heterocycles. The van der Waals surface area contributed by atoms with Gasteiger partial charge in [0, 0.05) is 19.6 Å². The van der Waals surface area contributed by atoms with Crippen LogP contribution in [0.3, 0.4) is 0 Å². The number of hydrogen-bond acceptors (Lipinski definition) is 8. The molecule has 2 aliphatic rings. The maximum Gasteiger partial charge on any atom is 0.265 e. The predicted octanol–water partition coefficient (Wildman–Crippen LogP) is 1.01. The van der Waals surface area contributed by atoms with Gasteiger partial charge in [0.15, 0.2) is 20.7 Å². The number of nitrogens with one attached hydrogen (secondary N) is 2. The molecule has 11 heteroatoms. The van der Waals surface area contributed by atoms with Crippen molar-refractivity contribution < 1.29 is 37.4 Å². The average molecular weight is 491 g/mol. The van der Waals surface area contributed by atoms with Crippen molar-refractivity contribution in [2.24, 2.45) is 0 Å². The summed E-state index contributed by atoms with van der Waals surface area (Å²) in [6.45, 7) is 0.607. The third kappa shape index (κ3) is 4.59. The maximum absolute atomic E-state index is 13.2. The van der Waals surface area contributed by atoms with Gasteiger partial charge < -0.3 is 19.5 Å². The first kappa shape index (κ1) is 24.0. The third-order valence-corrected chi connectivity index (χ3v) is 8.59. The van der Waals surface area contributed by atoms with Gasteiger partial charge in [-0.05, 0) is 48.7 Å². The highest BCUT2D eigenvalue weighted by molar-refractivity contribution is 7.93. The Balaban J connectivity index is 1.31. The summed E-state index contributed by atoms with van der Waals surface area (Å²) >= 11 is 0. The summed E-state index contributed by atoms with van der Waals surface area (Å²) in [6.07, 6.45) is -0.179. The predicted molar refractivity (Wildman–Crippen MR) is 119 cm³/mol. The van der Waals surface area contributed by atoms with Gasteiger partial charge >= 0.3 is 0 Å². The molecule has 4 rings (SSSR count). The van der Waals surface area contributed by atoms with Crippen LogP contribution in [0.4, 0.5) is 0 Å². The number of para-hydroxylation sites is 1. The molecular weight excluding hydrogens is 464 g/mol. The fourth-order valence-electron chi connectivity index (χ4n) is 4.15. The Morgan fingerprint density at radius 3 is 2.47 bits per heavy atom. The van der Waals surface area contributed by atoms with E-state index in [2.05, 4.69) is 5.32 Å². The van der Waals surface area contributed by atoms with E-state index in [1.54, 1.807) is 0 Å². The van der Waals surface area contributed by atoms with Crippen molar-refractivity contribution in [3.05, 3.63) is 54.1 Å². The summed E-state index contributed by atoms with van der Waals surface area (Å²) in [5, 5.41) is 11.9. The maximum atomic E-state index is 13.2. The Morgan fingerprint density at radius 1 is 1.09 bits per heavy atom. The Labute approximate surface area is 197 Å². The summed E-state index contributed by atoms with van der Waals surface area (Å²) in [5.74, 6) is -0.0790.